The van der Waals surface area contributed by atoms with E-state index >= 15 is 0 Å². The molecule has 5 heteroatoms. The third-order valence-corrected chi connectivity index (χ3v) is 2.93. The van der Waals surface area contributed by atoms with Gasteiger partial charge >= 0.3 is 0 Å². The van der Waals surface area contributed by atoms with Gasteiger partial charge in [-0.2, -0.15) is 0 Å². The van der Waals surface area contributed by atoms with Gasteiger partial charge in [0.2, 0.25) is 0 Å². The molecule has 2 aromatic rings. The number of halogens is 1. The summed E-state index contributed by atoms with van der Waals surface area (Å²) >= 11 is 7.16. The second-order valence-electron chi connectivity index (χ2n) is 2.74. The van der Waals surface area contributed by atoms with Crippen molar-refractivity contribution < 1.29 is 9.32 Å². The second-order valence-corrected chi connectivity index (χ2v) is 4.45. The number of hydrogen-bond acceptors (Lipinski definition) is 4. The Bertz CT molecular complexity index is 475. The maximum Gasteiger partial charge on any atom is 0.181 e. The van der Waals surface area contributed by atoms with E-state index < -0.39 is 0 Å². The van der Waals surface area contributed by atoms with Gasteiger partial charge in [-0.15, -0.1) is 11.3 Å². The van der Waals surface area contributed by atoms with E-state index in [0.717, 1.165) is 4.88 Å². The molecule has 0 saturated carbocycles. The Morgan fingerprint density at radius 1 is 1.57 bits per heavy atom. The Kier molecular flexibility index (Phi) is 2.39. The first-order valence-corrected chi connectivity index (χ1v) is 5.09. The zero-order valence-corrected chi connectivity index (χ0v) is 8.85. The van der Waals surface area contributed by atoms with Crippen molar-refractivity contribution in [3.8, 4) is 10.6 Å². The molecule has 0 N–H and O–H groups in total. The fraction of sp³-hybridized carbons (Fsp3) is 0.111. The molecule has 0 atom stereocenters. The van der Waals surface area contributed by atoms with Crippen molar-refractivity contribution in [3.05, 3.63) is 28.2 Å². The van der Waals surface area contributed by atoms with Gasteiger partial charge in [0, 0.05) is 13.0 Å². The van der Waals surface area contributed by atoms with Crippen LogP contribution in [0.25, 0.3) is 10.6 Å². The number of carbonyl (C=O) groups excluding carboxylic acids is 1. The predicted molar refractivity (Wildman–Crippen MR) is 54.8 cm³/mol. The van der Waals surface area contributed by atoms with Gasteiger partial charge in [-0.3, -0.25) is 4.79 Å². The maximum atomic E-state index is 11.0. The van der Waals surface area contributed by atoms with Crippen molar-refractivity contribution in [1.82, 2.24) is 5.16 Å². The highest BCUT2D eigenvalue weighted by atomic mass is 35.5. The first-order chi connectivity index (χ1) is 6.66. The highest BCUT2D eigenvalue weighted by molar-refractivity contribution is 7.19. The van der Waals surface area contributed by atoms with Crippen LogP contribution in [0, 0.1) is 0 Å². The van der Waals surface area contributed by atoms with Crippen molar-refractivity contribution >= 4 is 28.7 Å². The number of thiophene rings is 1. The van der Waals surface area contributed by atoms with Crippen LogP contribution in [-0.4, -0.2) is 10.9 Å². The molecule has 72 valence electrons. The minimum Gasteiger partial charge on any atom is -0.355 e. The fourth-order valence-corrected chi connectivity index (χ4v) is 2.00. The quantitative estimate of drug-likeness (QED) is 0.740. The van der Waals surface area contributed by atoms with Gasteiger partial charge in [0.15, 0.2) is 11.5 Å². The zero-order valence-electron chi connectivity index (χ0n) is 7.28. The summed E-state index contributed by atoms with van der Waals surface area (Å²) in [7, 11) is 0. The Morgan fingerprint density at radius 2 is 2.36 bits per heavy atom. The van der Waals surface area contributed by atoms with Crippen LogP contribution in [0.5, 0.6) is 0 Å². The van der Waals surface area contributed by atoms with Crippen LogP contribution in [-0.2, 0) is 0 Å². The lowest BCUT2D eigenvalue weighted by atomic mass is 10.3. The lowest BCUT2D eigenvalue weighted by Gasteiger charge is -1.83. The van der Waals surface area contributed by atoms with Crippen molar-refractivity contribution in [2.45, 2.75) is 6.92 Å². The summed E-state index contributed by atoms with van der Waals surface area (Å²) in [5, 5.41) is 3.64. The molecule has 0 unspecified atom stereocenters. The lowest BCUT2D eigenvalue weighted by molar-refractivity contribution is 0.100. The van der Waals surface area contributed by atoms with E-state index in [0.29, 0.717) is 15.8 Å². The summed E-state index contributed by atoms with van der Waals surface area (Å²) in [5.74, 6) is 0.467. The van der Waals surface area contributed by atoms with Crippen LogP contribution in [0.15, 0.2) is 22.7 Å². The number of carbonyl (C=O) groups is 1. The molecule has 0 saturated heterocycles. The number of nitrogens with zero attached hydrogens (tertiary/aromatic N) is 1. The largest absolute Gasteiger partial charge is 0.355 e. The van der Waals surface area contributed by atoms with E-state index in [2.05, 4.69) is 5.16 Å². The second kappa shape index (κ2) is 3.55. The van der Waals surface area contributed by atoms with Gasteiger partial charge in [0.05, 0.1) is 9.21 Å². The Hall–Kier alpha value is -1.13. The summed E-state index contributed by atoms with van der Waals surface area (Å²) < 4.78 is 5.69. The molecule has 0 aromatic carbocycles. The Labute approximate surface area is 89.3 Å². The van der Waals surface area contributed by atoms with Crippen LogP contribution in [0.2, 0.25) is 4.34 Å². The number of rotatable bonds is 2. The standard InChI is InChI=1S/C9H6ClNO2S/c1-5(12)6-4-7(13-11-6)8-2-3-9(10)14-8/h2-4H,1H3. The van der Waals surface area contributed by atoms with Crippen molar-refractivity contribution in [2.75, 3.05) is 0 Å². The van der Waals surface area contributed by atoms with Gasteiger partial charge in [-0.1, -0.05) is 16.8 Å². The molecule has 2 heterocycles. The average Bonchev–Trinajstić information content (AvgIpc) is 2.70. The van der Waals surface area contributed by atoms with Crippen LogP contribution < -0.4 is 0 Å². The van der Waals surface area contributed by atoms with Gasteiger partial charge in [-0.05, 0) is 12.1 Å². The summed E-state index contributed by atoms with van der Waals surface area (Å²) in [4.78, 5) is 11.8. The van der Waals surface area contributed by atoms with Crippen LogP contribution in [0.3, 0.4) is 0 Å². The van der Waals surface area contributed by atoms with E-state index in [9.17, 15) is 4.79 Å². The van der Waals surface area contributed by atoms with E-state index in [1.54, 1.807) is 12.1 Å². The summed E-state index contributed by atoms with van der Waals surface area (Å²) in [6.45, 7) is 1.45. The fourth-order valence-electron chi connectivity index (χ4n) is 1.00. The highest BCUT2D eigenvalue weighted by Crippen LogP contribution is 2.31. The van der Waals surface area contributed by atoms with E-state index in [-0.39, 0.29) is 5.78 Å². The van der Waals surface area contributed by atoms with Gasteiger partial charge in [0.25, 0.3) is 0 Å². The van der Waals surface area contributed by atoms with Crippen molar-refractivity contribution in [2.24, 2.45) is 0 Å². The molecule has 0 fully saturated rings. The summed E-state index contributed by atoms with van der Waals surface area (Å²) in [6.07, 6.45) is 0. The number of Topliss-reactive ketones (excluding diaryl/α,β-unsaturated/α-hetero) is 1. The molecule has 0 bridgehead atoms. The van der Waals surface area contributed by atoms with Crippen LogP contribution in [0.1, 0.15) is 17.4 Å². The number of hydrogen-bond donors (Lipinski definition) is 0. The average molecular weight is 228 g/mol. The summed E-state index contributed by atoms with van der Waals surface area (Å²) in [5.41, 5.74) is 0.338. The van der Waals surface area contributed by atoms with Crippen molar-refractivity contribution in [3.63, 3.8) is 0 Å². The smallest absolute Gasteiger partial charge is 0.181 e. The Balaban J connectivity index is 2.38. The van der Waals surface area contributed by atoms with Crippen LogP contribution >= 0.6 is 22.9 Å². The maximum absolute atomic E-state index is 11.0. The lowest BCUT2D eigenvalue weighted by Crippen LogP contribution is -1.89. The third-order valence-electron chi connectivity index (χ3n) is 1.69. The third kappa shape index (κ3) is 1.71. The Morgan fingerprint density at radius 3 is 2.86 bits per heavy atom. The first kappa shape index (κ1) is 9.43. The van der Waals surface area contributed by atoms with E-state index in [1.165, 1.54) is 18.3 Å². The topological polar surface area (TPSA) is 43.1 Å². The molecule has 0 radical (unpaired) electrons. The number of aromatic nitrogens is 1. The molecule has 0 spiro atoms. The number of ketones is 1. The van der Waals surface area contributed by atoms with Crippen molar-refractivity contribution in [1.29, 1.82) is 0 Å². The molecule has 0 amide bonds. The molecule has 0 aliphatic rings. The predicted octanol–water partition coefficient (Wildman–Crippen LogP) is 3.26. The first-order valence-electron chi connectivity index (χ1n) is 3.90. The molecular weight excluding hydrogens is 222 g/mol. The highest BCUT2D eigenvalue weighted by Gasteiger charge is 2.11. The molecular formula is C9H6ClNO2S. The monoisotopic (exact) mass is 227 g/mol. The SMILES string of the molecule is CC(=O)c1cc(-c2ccc(Cl)s2)on1. The normalized spacial score (nSPS) is 10.4. The molecule has 2 rings (SSSR count). The van der Waals surface area contributed by atoms with Gasteiger partial charge in [0.1, 0.15) is 5.69 Å². The molecule has 14 heavy (non-hydrogen) atoms. The minimum atomic E-state index is -0.109. The summed E-state index contributed by atoms with van der Waals surface area (Å²) in [6, 6.07) is 5.22. The van der Waals surface area contributed by atoms with E-state index in [1.807, 2.05) is 6.07 Å². The molecule has 2 aromatic heterocycles. The zero-order chi connectivity index (χ0) is 10.1. The molecule has 0 aliphatic heterocycles. The minimum absolute atomic E-state index is 0.109. The molecule has 3 nitrogen and oxygen atoms in total. The van der Waals surface area contributed by atoms with Crippen LogP contribution in [0.4, 0.5) is 0 Å². The van der Waals surface area contributed by atoms with Gasteiger partial charge < -0.3 is 4.52 Å². The van der Waals surface area contributed by atoms with E-state index in [4.69, 9.17) is 16.1 Å². The molecule has 0 aliphatic carbocycles. The van der Waals surface area contributed by atoms with Gasteiger partial charge in [-0.25, -0.2) is 0 Å².